The minimum absolute atomic E-state index is 0.0131. The average Bonchev–Trinajstić information content (AvgIpc) is 2.72. The van der Waals surface area contributed by atoms with Crippen molar-refractivity contribution in [3.63, 3.8) is 0 Å². The largest absolute Gasteiger partial charge is 0.418 e. The van der Waals surface area contributed by atoms with Crippen molar-refractivity contribution in [1.82, 2.24) is 10.1 Å². The fourth-order valence-corrected chi connectivity index (χ4v) is 1.47. The van der Waals surface area contributed by atoms with E-state index >= 15 is 0 Å². The lowest BCUT2D eigenvalue weighted by molar-refractivity contribution is -0.137. The number of nitrogens with one attached hydrogen (secondary N) is 1. The highest BCUT2D eigenvalue weighted by Crippen LogP contribution is 2.34. The Labute approximate surface area is 101 Å². The van der Waals surface area contributed by atoms with Crippen molar-refractivity contribution in [3.8, 4) is 0 Å². The summed E-state index contributed by atoms with van der Waals surface area (Å²) in [7, 11) is 0. The molecular weight excluding hydrogens is 247 g/mol. The van der Waals surface area contributed by atoms with E-state index in [1.165, 1.54) is 18.2 Å². The number of anilines is 1. The summed E-state index contributed by atoms with van der Waals surface area (Å²) in [5, 5.41) is 6.18. The molecule has 0 aliphatic rings. The Morgan fingerprint density at radius 2 is 2.00 bits per heavy atom. The highest BCUT2D eigenvalue weighted by Gasteiger charge is 2.33. The van der Waals surface area contributed by atoms with Crippen molar-refractivity contribution < 1.29 is 17.7 Å². The van der Waals surface area contributed by atoms with Gasteiger partial charge in [0.05, 0.1) is 12.1 Å². The number of rotatable bonds is 3. The zero-order valence-electron chi connectivity index (χ0n) is 9.45. The van der Waals surface area contributed by atoms with Crippen LogP contribution in [-0.4, -0.2) is 10.1 Å². The van der Waals surface area contributed by atoms with Crippen LogP contribution in [-0.2, 0) is 12.7 Å². The molecule has 4 nitrogen and oxygen atoms in total. The fraction of sp³-hybridized carbons (Fsp3) is 0.273. The van der Waals surface area contributed by atoms with E-state index in [-0.39, 0.29) is 18.1 Å². The number of aromatic nitrogens is 2. The average molecular weight is 257 g/mol. The van der Waals surface area contributed by atoms with E-state index in [0.717, 1.165) is 6.07 Å². The third-order valence-corrected chi connectivity index (χ3v) is 2.23. The van der Waals surface area contributed by atoms with Crippen molar-refractivity contribution in [2.45, 2.75) is 19.6 Å². The molecule has 18 heavy (non-hydrogen) atoms. The van der Waals surface area contributed by atoms with E-state index in [1.54, 1.807) is 6.92 Å². The quantitative estimate of drug-likeness (QED) is 0.918. The molecule has 0 saturated carbocycles. The normalized spacial score (nSPS) is 11.6. The van der Waals surface area contributed by atoms with Gasteiger partial charge in [-0.1, -0.05) is 17.3 Å². The highest BCUT2D eigenvalue weighted by atomic mass is 19.4. The van der Waals surface area contributed by atoms with Gasteiger partial charge < -0.3 is 9.84 Å². The monoisotopic (exact) mass is 257 g/mol. The molecule has 2 aromatic rings. The Bertz CT molecular complexity index is 536. The van der Waals surface area contributed by atoms with E-state index in [1.807, 2.05) is 0 Å². The molecule has 0 fully saturated rings. The Morgan fingerprint density at radius 3 is 2.61 bits per heavy atom. The Hall–Kier alpha value is -2.05. The lowest BCUT2D eigenvalue weighted by Crippen LogP contribution is -2.10. The van der Waals surface area contributed by atoms with Gasteiger partial charge in [-0.2, -0.15) is 18.2 Å². The summed E-state index contributed by atoms with van der Waals surface area (Å²) < 4.78 is 42.9. The molecule has 1 aromatic heterocycles. The summed E-state index contributed by atoms with van der Waals surface area (Å²) in [6, 6.07) is 5.23. The van der Waals surface area contributed by atoms with Crippen molar-refractivity contribution in [2.75, 3.05) is 5.32 Å². The Kier molecular flexibility index (Phi) is 3.22. The van der Waals surface area contributed by atoms with E-state index in [2.05, 4.69) is 15.5 Å². The number of para-hydroxylation sites is 1. The standard InChI is InChI=1S/C11H10F3N3O/c1-7-16-10(18-17-7)6-15-9-5-3-2-4-8(9)11(12,13)14/h2-5,15H,6H2,1H3. The van der Waals surface area contributed by atoms with Crippen LogP contribution in [0.15, 0.2) is 28.8 Å². The van der Waals surface area contributed by atoms with Crippen LogP contribution < -0.4 is 5.32 Å². The van der Waals surface area contributed by atoms with Crippen molar-refractivity contribution in [1.29, 1.82) is 0 Å². The molecule has 0 aliphatic carbocycles. The van der Waals surface area contributed by atoms with Crippen LogP contribution in [0.3, 0.4) is 0 Å². The lowest BCUT2D eigenvalue weighted by Gasteiger charge is -2.12. The molecule has 0 atom stereocenters. The molecule has 0 radical (unpaired) electrons. The van der Waals surface area contributed by atoms with Crippen molar-refractivity contribution in [3.05, 3.63) is 41.5 Å². The zero-order valence-corrected chi connectivity index (χ0v) is 9.45. The molecular formula is C11H10F3N3O. The van der Waals surface area contributed by atoms with Crippen LogP contribution in [0.1, 0.15) is 17.3 Å². The van der Waals surface area contributed by atoms with Gasteiger partial charge in [-0.3, -0.25) is 0 Å². The van der Waals surface area contributed by atoms with Gasteiger partial charge in [-0.05, 0) is 19.1 Å². The molecule has 1 N–H and O–H groups in total. The first-order valence-electron chi connectivity index (χ1n) is 5.16. The number of hydrogen-bond acceptors (Lipinski definition) is 4. The maximum Gasteiger partial charge on any atom is 0.418 e. The molecule has 1 heterocycles. The summed E-state index contributed by atoms with van der Waals surface area (Å²) in [6.07, 6.45) is -4.39. The smallest absolute Gasteiger partial charge is 0.376 e. The van der Waals surface area contributed by atoms with Gasteiger partial charge in [0.25, 0.3) is 0 Å². The maximum absolute atomic E-state index is 12.7. The lowest BCUT2D eigenvalue weighted by atomic mass is 10.1. The van der Waals surface area contributed by atoms with Crippen LogP contribution in [0.4, 0.5) is 18.9 Å². The SMILES string of the molecule is Cc1noc(CNc2ccccc2C(F)(F)F)n1. The van der Waals surface area contributed by atoms with Crippen LogP contribution in [0.5, 0.6) is 0 Å². The molecule has 96 valence electrons. The van der Waals surface area contributed by atoms with Gasteiger partial charge in [-0.15, -0.1) is 0 Å². The predicted molar refractivity (Wildman–Crippen MR) is 57.8 cm³/mol. The van der Waals surface area contributed by atoms with Crippen LogP contribution in [0.25, 0.3) is 0 Å². The first-order chi connectivity index (χ1) is 8.47. The molecule has 0 spiro atoms. The number of aryl methyl sites for hydroxylation is 1. The van der Waals surface area contributed by atoms with E-state index in [4.69, 9.17) is 4.52 Å². The molecule has 0 unspecified atom stereocenters. The van der Waals surface area contributed by atoms with Crippen LogP contribution in [0.2, 0.25) is 0 Å². The van der Waals surface area contributed by atoms with Crippen molar-refractivity contribution in [2.24, 2.45) is 0 Å². The molecule has 0 bridgehead atoms. The van der Waals surface area contributed by atoms with Gasteiger partial charge >= 0.3 is 6.18 Å². The molecule has 1 aromatic carbocycles. The summed E-state index contributed by atoms with van der Waals surface area (Å²) in [4.78, 5) is 3.90. The third-order valence-electron chi connectivity index (χ3n) is 2.23. The van der Waals surface area contributed by atoms with E-state index in [9.17, 15) is 13.2 Å². The molecule has 0 aliphatic heterocycles. The molecule has 7 heteroatoms. The van der Waals surface area contributed by atoms with Gasteiger partial charge in [0, 0.05) is 5.69 Å². The number of nitrogens with zero attached hydrogens (tertiary/aromatic N) is 2. The number of halogens is 3. The third kappa shape index (κ3) is 2.79. The molecule has 2 rings (SSSR count). The van der Waals surface area contributed by atoms with Gasteiger partial charge in [-0.25, -0.2) is 0 Å². The second-order valence-electron chi connectivity index (χ2n) is 3.63. The van der Waals surface area contributed by atoms with Crippen LogP contribution >= 0.6 is 0 Å². The second-order valence-corrected chi connectivity index (χ2v) is 3.63. The Morgan fingerprint density at radius 1 is 1.28 bits per heavy atom. The first-order valence-corrected chi connectivity index (χ1v) is 5.16. The predicted octanol–water partition coefficient (Wildman–Crippen LogP) is 3.01. The Balaban J connectivity index is 2.14. The van der Waals surface area contributed by atoms with Crippen molar-refractivity contribution >= 4 is 5.69 Å². The topological polar surface area (TPSA) is 51.0 Å². The van der Waals surface area contributed by atoms with Crippen LogP contribution in [0, 0.1) is 6.92 Å². The zero-order chi connectivity index (χ0) is 13.2. The number of hydrogen-bond donors (Lipinski definition) is 1. The number of alkyl halides is 3. The minimum Gasteiger partial charge on any atom is -0.376 e. The second kappa shape index (κ2) is 4.67. The van der Waals surface area contributed by atoms with Gasteiger partial charge in [0.1, 0.15) is 0 Å². The van der Waals surface area contributed by atoms with Gasteiger partial charge in [0.15, 0.2) is 5.82 Å². The minimum atomic E-state index is -4.39. The summed E-state index contributed by atoms with van der Waals surface area (Å²) in [5.74, 6) is 0.681. The highest BCUT2D eigenvalue weighted by molar-refractivity contribution is 5.52. The van der Waals surface area contributed by atoms with Gasteiger partial charge in [0.2, 0.25) is 5.89 Å². The summed E-state index contributed by atoms with van der Waals surface area (Å²) in [6.45, 7) is 1.69. The molecule has 0 amide bonds. The molecule has 0 saturated heterocycles. The first kappa shape index (κ1) is 12.4. The van der Waals surface area contributed by atoms with E-state index < -0.39 is 11.7 Å². The van der Waals surface area contributed by atoms with E-state index in [0.29, 0.717) is 5.82 Å². The summed E-state index contributed by atoms with van der Waals surface area (Å²) >= 11 is 0. The summed E-state index contributed by atoms with van der Waals surface area (Å²) in [5.41, 5.74) is -0.734. The maximum atomic E-state index is 12.7. The number of benzene rings is 1. The fourth-order valence-electron chi connectivity index (χ4n) is 1.47.